The first-order chi connectivity index (χ1) is 30.3. The first-order valence-corrected chi connectivity index (χ1v) is 24.8. The Labute approximate surface area is 373 Å². The maximum atomic E-state index is 11.7. The van der Waals surface area contributed by atoms with E-state index in [4.69, 9.17) is 56.8 Å². The van der Waals surface area contributed by atoms with Crippen LogP contribution in [0.5, 0.6) is 0 Å². The monoisotopic (exact) mass is 881 g/mol. The Bertz CT molecular complexity index is 795. The van der Waals surface area contributed by atoms with Crippen LogP contribution in [0, 0.1) is 0 Å². The summed E-state index contributed by atoms with van der Waals surface area (Å²) in [5.41, 5.74) is 0. The molecule has 0 N–H and O–H groups in total. The van der Waals surface area contributed by atoms with Gasteiger partial charge in [-0.1, -0.05) is 136 Å². The van der Waals surface area contributed by atoms with E-state index in [1.54, 1.807) is 0 Å². The molecule has 0 spiro atoms. The molecular weight excluding hydrogens is 785 g/mol. The second-order valence-corrected chi connectivity index (χ2v) is 15.4. The van der Waals surface area contributed by atoms with Gasteiger partial charge in [0.15, 0.2) is 0 Å². The Morgan fingerprint density at radius 3 is 0.689 bits per heavy atom. The molecule has 366 valence electrons. The second kappa shape index (κ2) is 57.0. The predicted molar refractivity (Wildman–Crippen MR) is 243 cm³/mol. The van der Waals surface area contributed by atoms with Gasteiger partial charge in [0.25, 0.3) is 0 Å². The third-order valence-corrected chi connectivity index (χ3v) is 9.84. The van der Waals surface area contributed by atoms with Crippen LogP contribution in [0.4, 0.5) is 0 Å². The summed E-state index contributed by atoms with van der Waals surface area (Å²) < 4.78 is 66.1. The van der Waals surface area contributed by atoms with E-state index in [2.05, 4.69) is 13.8 Å². The van der Waals surface area contributed by atoms with Crippen molar-refractivity contribution in [2.24, 2.45) is 0 Å². The molecule has 0 fully saturated rings. The molecule has 0 saturated heterocycles. The third-order valence-electron chi connectivity index (χ3n) is 9.84. The Morgan fingerprint density at radius 2 is 0.426 bits per heavy atom. The lowest BCUT2D eigenvalue weighted by Gasteiger charge is -2.09. The zero-order chi connectivity index (χ0) is 43.9. The summed E-state index contributed by atoms with van der Waals surface area (Å²) in [6, 6.07) is 0. The lowest BCUT2D eigenvalue weighted by Crippen LogP contribution is -2.15. The van der Waals surface area contributed by atoms with Crippen LogP contribution >= 0.6 is 0 Å². The van der Waals surface area contributed by atoms with Gasteiger partial charge in [0.1, 0.15) is 6.61 Å². The molecule has 0 unspecified atom stereocenters. The lowest BCUT2D eigenvalue weighted by atomic mass is 10.0. The molecule has 0 aromatic heterocycles. The number of carbonyl (C=O) groups is 1. The molecule has 0 aromatic rings. The van der Waals surface area contributed by atoms with Crippen molar-refractivity contribution in [3.63, 3.8) is 0 Å². The first kappa shape index (κ1) is 60.0. The largest absolute Gasteiger partial charge is 0.463 e. The summed E-state index contributed by atoms with van der Waals surface area (Å²) in [6.45, 7) is 16.4. The first-order valence-electron chi connectivity index (χ1n) is 24.8. The zero-order valence-corrected chi connectivity index (χ0v) is 39.6. The number of ether oxygens (including phenoxy) is 12. The standard InChI is InChI=1S/C48H96O13/c1-3-5-7-9-11-12-13-14-15-16-17-19-21-23-25-50-26-27-51-28-29-52-30-31-53-32-33-54-34-35-55-36-37-56-38-39-57-40-41-58-42-43-59-44-45-60-46-47-61-48(49)24-22-20-18-10-8-6-4-2/h3-47H2,1-2H3. The van der Waals surface area contributed by atoms with E-state index in [9.17, 15) is 4.79 Å². The van der Waals surface area contributed by atoms with Crippen LogP contribution in [-0.4, -0.2) is 158 Å². The molecule has 0 bridgehead atoms. The molecule has 0 amide bonds. The maximum absolute atomic E-state index is 11.7. The number of rotatable bonds is 56. The normalized spacial score (nSPS) is 11.6. The van der Waals surface area contributed by atoms with Crippen molar-refractivity contribution in [3.8, 4) is 0 Å². The van der Waals surface area contributed by atoms with Crippen molar-refractivity contribution in [2.45, 2.75) is 155 Å². The smallest absolute Gasteiger partial charge is 0.305 e. The molecular formula is C48H96O13. The molecule has 0 saturated carbocycles. The number of unbranched alkanes of at least 4 members (excludes halogenated alkanes) is 19. The highest BCUT2D eigenvalue weighted by Gasteiger charge is 2.03. The van der Waals surface area contributed by atoms with Gasteiger partial charge in [0, 0.05) is 13.0 Å². The molecule has 13 nitrogen and oxygen atoms in total. The van der Waals surface area contributed by atoms with Crippen molar-refractivity contribution in [2.75, 3.05) is 152 Å². The SMILES string of the molecule is CCCCCCCCCCCCCCCCOCCOCCOCCOCCOCCOCCOCCOCCOCCOCCOCCOC(=O)CCCCCCCCC. The van der Waals surface area contributed by atoms with Crippen molar-refractivity contribution >= 4 is 5.97 Å². The zero-order valence-electron chi connectivity index (χ0n) is 39.6. The Kier molecular flexibility index (Phi) is 56.1. The predicted octanol–water partition coefficient (Wildman–Crippen LogP) is 9.33. The fourth-order valence-corrected chi connectivity index (χ4v) is 6.21. The van der Waals surface area contributed by atoms with E-state index in [1.807, 2.05) is 0 Å². The van der Waals surface area contributed by atoms with Crippen molar-refractivity contribution < 1.29 is 61.6 Å². The van der Waals surface area contributed by atoms with E-state index in [0.717, 1.165) is 25.9 Å². The number of carbonyl (C=O) groups excluding carboxylic acids is 1. The summed E-state index contributed by atoms with van der Waals surface area (Å²) >= 11 is 0. The highest BCUT2D eigenvalue weighted by atomic mass is 16.6. The summed E-state index contributed by atoms with van der Waals surface area (Å²) in [4.78, 5) is 11.7. The van der Waals surface area contributed by atoms with Gasteiger partial charge in [-0.25, -0.2) is 0 Å². The van der Waals surface area contributed by atoms with Gasteiger partial charge in [-0.2, -0.15) is 0 Å². The minimum absolute atomic E-state index is 0.139. The summed E-state index contributed by atoms with van der Waals surface area (Å²) in [5, 5.41) is 0. The lowest BCUT2D eigenvalue weighted by molar-refractivity contribution is -0.145. The van der Waals surface area contributed by atoms with E-state index in [0.29, 0.717) is 145 Å². The van der Waals surface area contributed by atoms with Crippen LogP contribution in [0.15, 0.2) is 0 Å². The molecule has 61 heavy (non-hydrogen) atoms. The topological polar surface area (TPSA) is 128 Å². The van der Waals surface area contributed by atoms with E-state index < -0.39 is 0 Å². The van der Waals surface area contributed by atoms with Crippen LogP contribution in [0.25, 0.3) is 0 Å². The van der Waals surface area contributed by atoms with Crippen LogP contribution in [-0.2, 0) is 61.6 Å². The molecule has 0 aliphatic carbocycles. The molecule has 0 aliphatic rings. The van der Waals surface area contributed by atoms with Crippen molar-refractivity contribution in [1.29, 1.82) is 0 Å². The van der Waals surface area contributed by atoms with E-state index >= 15 is 0 Å². The van der Waals surface area contributed by atoms with E-state index in [-0.39, 0.29) is 12.6 Å². The molecule has 0 heterocycles. The van der Waals surface area contributed by atoms with Gasteiger partial charge >= 0.3 is 5.97 Å². The Balaban J connectivity index is 3.09. The average molecular weight is 881 g/mol. The molecule has 0 aliphatic heterocycles. The molecule has 0 rings (SSSR count). The second-order valence-electron chi connectivity index (χ2n) is 15.4. The molecule has 0 radical (unpaired) electrons. The highest BCUT2D eigenvalue weighted by molar-refractivity contribution is 5.69. The quantitative estimate of drug-likeness (QED) is 0.0426. The van der Waals surface area contributed by atoms with Crippen LogP contribution in [0.2, 0.25) is 0 Å². The number of hydrogen-bond acceptors (Lipinski definition) is 13. The minimum Gasteiger partial charge on any atom is -0.463 e. The average Bonchev–Trinajstić information content (AvgIpc) is 3.27. The molecule has 13 heteroatoms. The Hall–Kier alpha value is -0.970. The van der Waals surface area contributed by atoms with Crippen molar-refractivity contribution in [1.82, 2.24) is 0 Å². The van der Waals surface area contributed by atoms with Crippen LogP contribution in [0.3, 0.4) is 0 Å². The van der Waals surface area contributed by atoms with Gasteiger partial charge in [0.05, 0.1) is 139 Å². The van der Waals surface area contributed by atoms with Gasteiger partial charge in [0.2, 0.25) is 0 Å². The number of hydrogen-bond donors (Lipinski definition) is 0. The maximum Gasteiger partial charge on any atom is 0.305 e. The van der Waals surface area contributed by atoms with Gasteiger partial charge < -0.3 is 56.8 Å². The Morgan fingerprint density at radius 1 is 0.230 bits per heavy atom. The number of esters is 1. The van der Waals surface area contributed by atoms with E-state index in [1.165, 1.54) is 116 Å². The van der Waals surface area contributed by atoms with Gasteiger partial charge in [-0.15, -0.1) is 0 Å². The van der Waals surface area contributed by atoms with Crippen LogP contribution in [0.1, 0.15) is 155 Å². The highest BCUT2D eigenvalue weighted by Crippen LogP contribution is 2.13. The fourth-order valence-electron chi connectivity index (χ4n) is 6.21. The third kappa shape index (κ3) is 57.0. The minimum atomic E-state index is -0.139. The summed E-state index contributed by atoms with van der Waals surface area (Å²) in [5.74, 6) is -0.139. The molecule has 0 atom stereocenters. The van der Waals surface area contributed by atoms with Crippen molar-refractivity contribution in [3.05, 3.63) is 0 Å². The summed E-state index contributed by atoms with van der Waals surface area (Å²) in [7, 11) is 0. The van der Waals surface area contributed by atoms with Gasteiger partial charge in [-0.05, 0) is 12.8 Å². The summed E-state index contributed by atoms with van der Waals surface area (Å²) in [6.07, 6.45) is 28.0. The van der Waals surface area contributed by atoms with Gasteiger partial charge in [-0.3, -0.25) is 4.79 Å². The fraction of sp³-hybridized carbons (Fsp3) is 0.979. The van der Waals surface area contributed by atoms with Crippen LogP contribution < -0.4 is 0 Å². The molecule has 0 aromatic carbocycles.